The first-order valence-electron chi connectivity index (χ1n) is 3.55. The Bertz CT molecular complexity index is 49.4. The summed E-state index contributed by atoms with van der Waals surface area (Å²) in [6.07, 6.45) is 0. The van der Waals surface area contributed by atoms with Crippen LogP contribution in [-0.2, 0) is 0 Å². The number of hydrogen-bond acceptors (Lipinski definition) is 0. The Balaban J connectivity index is 3.46. The van der Waals surface area contributed by atoms with Crippen LogP contribution in [0.3, 0.4) is 0 Å². The van der Waals surface area contributed by atoms with Crippen LogP contribution in [0.25, 0.3) is 0 Å². The minimum absolute atomic E-state index is 0.868. The fraction of sp³-hybridized carbons (Fsp3) is 1.00. The summed E-state index contributed by atoms with van der Waals surface area (Å²) in [7, 11) is 0. The van der Waals surface area contributed by atoms with Gasteiger partial charge in [-0.1, -0.05) is 0 Å². The monoisotopic (exact) mass is 216 g/mol. The Morgan fingerprint density at radius 1 is 0.875 bits per heavy atom. The van der Waals surface area contributed by atoms with Gasteiger partial charge in [0, 0.05) is 0 Å². The van der Waals surface area contributed by atoms with E-state index in [9.17, 15) is 0 Å². The molecule has 0 aliphatic carbocycles. The summed E-state index contributed by atoms with van der Waals surface area (Å²) < 4.78 is 1.08. The molecule has 0 heterocycles. The van der Waals surface area contributed by atoms with Gasteiger partial charge in [-0.15, -0.1) is 0 Å². The standard InChI is InChI=1S/C7H15.In.2H/c1-6(2)5-7(3)4;;;/h5-7H,1-4H3;;;. The van der Waals surface area contributed by atoms with Gasteiger partial charge < -0.3 is 0 Å². The molecule has 0 fully saturated rings. The molecule has 0 aromatic carbocycles. The summed E-state index contributed by atoms with van der Waals surface area (Å²) in [5, 5.41) is 0. The van der Waals surface area contributed by atoms with E-state index in [4.69, 9.17) is 0 Å². The van der Waals surface area contributed by atoms with Crippen molar-refractivity contribution in [3.05, 3.63) is 0 Å². The SMILES string of the molecule is CC(C)[CH]([InH2])C(C)C. The maximum atomic E-state index is 2.33. The third kappa shape index (κ3) is 3.01. The van der Waals surface area contributed by atoms with Gasteiger partial charge in [-0.25, -0.2) is 0 Å². The molecule has 0 N–H and O–H groups in total. The van der Waals surface area contributed by atoms with E-state index in [1.807, 2.05) is 0 Å². The predicted octanol–water partition coefficient (Wildman–Crippen LogP) is 1.72. The molecule has 0 radical (unpaired) electrons. The van der Waals surface area contributed by atoms with Crippen LogP contribution in [0.15, 0.2) is 0 Å². The second-order valence-electron chi connectivity index (χ2n) is 3.35. The summed E-state index contributed by atoms with van der Waals surface area (Å²) in [6, 6.07) is 0. The van der Waals surface area contributed by atoms with Gasteiger partial charge in [-0.2, -0.15) is 0 Å². The molecule has 48 valence electrons. The van der Waals surface area contributed by atoms with Crippen molar-refractivity contribution in [3.63, 3.8) is 0 Å². The molecule has 0 aromatic rings. The van der Waals surface area contributed by atoms with Crippen molar-refractivity contribution in [3.8, 4) is 0 Å². The Morgan fingerprint density at radius 3 is 1.12 bits per heavy atom. The normalized spacial score (nSPS) is 11.9. The van der Waals surface area contributed by atoms with Crippen LogP contribution in [0, 0.1) is 11.8 Å². The molecular formula is C7H17In. The summed E-state index contributed by atoms with van der Waals surface area (Å²) in [6.45, 7) is 9.34. The zero-order valence-electron chi connectivity index (χ0n) is 6.73. The van der Waals surface area contributed by atoms with E-state index in [0.29, 0.717) is 0 Å². The fourth-order valence-electron chi connectivity index (χ4n) is 0.770. The van der Waals surface area contributed by atoms with Crippen molar-refractivity contribution in [2.24, 2.45) is 11.8 Å². The second kappa shape index (κ2) is 3.81. The van der Waals surface area contributed by atoms with E-state index in [2.05, 4.69) is 27.7 Å². The average Bonchev–Trinajstić information content (AvgIpc) is 1.64. The molecule has 0 aromatic heterocycles. The molecule has 0 unspecified atom stereocenters. The molecule has 0 aliphatic rings. The summed E-state index contributed by atoms with van der Waals surface area (Å²) in [5.41, 5.74) is 0. The van der Waals surface area contributed by atoms with Gasteiger partial charge in [0.2, 0.25) is 0 Å². The summed E-state index contributed by atoms with van der Waals surface area (Å²) in [5.74, 6) is 1.87. The fourth-order valence-corrected chi connectivity index (χ4v) is 0.770. The van der Waals surface area contributed by atoms with E-state index in [1.54, 1.807) is 0 Å². The minimum atomic E-state index is 0.868. The number of rotatable bonds is 2. The van der Waals surface area contributed by atoms with E-state index >= 15 is 0 Å². The van der Waals surface area contributed by atoms with E-state index in [1.165, 1.54) is 0 Å². The Labute approximate surface area is 67.6 Å². The van der Waals surface area contributed by atoms with Crippen molar-refractivity contribution in [1.29, 1.82) is 0 Å². The molecule has 0 spiro atoms. The summed E-state index contributed by atoms with van der Waals surface area (Å²) >= 11 is 0.868. The third-order valence-electron chi connectivity index (χ3n) is 2.10. The maximum absolute atomic E-state index is 2.33. The van der Waals surface area contributed by atoms with Crippen LogP contribution in [-0.4, -0.2) is 24.4 Å². The molecular weight excluding hydrogens is 199 g/mol. The van der Waals surface area contributed by atoms with E-state index in [-0.39, 0.29) is 0 Å². The van der Waals surface area contributed by atoms with Crippen LogP contribution in [0.1, 0.15) is 27.7 Å². The molecule has 0 nitrogen and oxygen atoms in total. The zero-order valence-corrected chi connectivity index (χ0v) is 12.4. The van der Waals surface area contributed by atoms with Gasteiger partial charge in [0.15, 0.2) is 0 Å². The Hall–Kier alpha value is 0.870. The van der Waals surface area contributed by atoms with Crippen LogP contribution >= 0.6 is 0 Å². The first-order valence-corrected chi connectivity index (χ1v) is 6.85. The molecule has 0 rings (SSSR count). The van der Waals surface area contributed by atoms with Crippen molar-refractivity contribution in [2.45, 2.75) is 31.4 Å². The van der Waals surface area contributed by atoms with Crippen molar-refractivity contribution in [1.82, 2.24) is 0 Å². The van der Waals surface area contributed by atoms with Gasteiger partial charge in [0.25, 0.3) is 0 Å². The van der Waals surface area contributed by atoms with Gasteiger partial charge in [0.05, 0.1) is 0 Å². The molecule has 0 amide bonds. The Kier molecular flexibility index (Phi) is 4.23. The van der Waals surface area contributed by atoms with Crippen molar-refractivity contribution in [2.75, 3.05) is 0 Å². The molecule has 1 heteroatoms. The van der Waals surface area contributed by atoms with Gasteiger partial charge in [0.1, 0.15) is 0 Å². The first kappa shape index (κ1) is 8.87. The van der Waals surface area contributed by atoms with Crippen molar-refractivity contribution < 1.29 is 0 Å². The van der Waals surface area contributed by atoms with Crippen LogP contribution < -0.4 is 0 Å². The van der Waals surface area contributed by atoms with Crippen LogP contribution in [0.2, 0.25) is 3.67 Å². The third-order valence-corrected chi connectivity index (χ3v) is 9.71. The van der Waals surface area contributed by atoms with Crippen LogP contribution in [0.4, 0.5) is 0 Å². The van der Waals surface area contributed by atoms with Crippen molar-refractivity contribution >= 4 is 24.4 Å². The number of hydrogen-bond donors (Lipinski definition) is 0. The average molecular weight is 216 g/mol. The second-order valence-corrected chi connectivity index (χ2v) is 7.15. The quantitative estimate of drug-likeness (QED) is 0.659. The Morgan fingerprint density at radius 2 is 1.12 bits per heavy atom. The summed E-state index contributed by atoms with van der Waals surface area (Å²) in [4.78, 5) is 0. The molecule has 0 bridgehead atoms. The predicted molar refractivity (Wildman–Crippen MR) is 42.0 cm³/mol. The zero-order chi connectivity index (χ0) is 6.73. The molecule has 0 aliphatic heterocycles. The molecule has 8 heavy (non-hydrogen) atoms. The van der Waals surface area contributed by atoms with E-state index in [0.717, 1.165) is 39.9 Å². The first-order chi connectivity index (χ1) is 3.55. The molecule has 0 saturated carbocycles. The molecule has 0 saturated heterocycles. The van der Waals surface area contributed by atoms with Gasteiger partial charge in [-0.3, -0.25) is 0 Å². The van der Waals surface area contributed by atoms with Gasteiger partial charge in [-0.05, 0) is 0 Å². The van der Waals surface area contributed by atoms with Crippen LogP contribution in [0.5, 0.6) is 0 Å². The molecule has 0 atom stereocenters. The van der Waals surface area contributed by atoms with Gasteiger partial charge >= 0.3 is 67.6 Å². The van der Waals surface area contributed by atoms with E-state index < -0.39 is 0 Å². The topological polar surface area (TPSA) is 0 Å².